The van der Waals surface area contributed by atoms with Crippen molar-refractivity contribution in [2.75, 3.05) is 20.1 Å². The molecule has 1 saturated heterocycles. The summed E-state index contributed by atoms with van der Waals surface area (Å²) in [5, 5.41) is 4.35. The minimum Gasteiger partial charge on any atom is -0.403 e. The lowest BCUT2D eigenvalue weighted by Crippen LogP contribution is -2.51. The molecular formula is C27H26F2N4O4. The average molecular weight is 509 g/mol. The molecule has 2 aliphatic rings. The highest BCUT2D eigenvalue weighted by Crippen LogP contribution is 2.45. The maximum Gasteiger partial charge on any atom is 0.415 e. The quantitative estimate of drug-likeness (QED) is 0.521. The summed E-state index contributed by atoms with van der Waals surface area (Å²) >= 11 is 0. The third-order valence-corrected chi connectivity index (χ3v) is 7.18. The Morgan fingerprint density at radius 1 is 1.08 bits per heavy atom. The summed E-state index contributed by atoms with van der Waals surface area (Å²) in [6.07, 6.45) is 1.68. The summed E-state index contributed by atoms with van der Waals surface area (Å²) in [4.78, 5) is 42.0. The van der Waals surface area contributed by atoms with Gasteiger partial charge in [-0.15, -0.1) is 0 Å². The van der Waals surface area contributed by atoms with Crippen molar-refractivity contribution in [2.24, 2.45) is 0 Å². The second-order valence-electron chi connectivity index (χ2n) is 9.29. The molecule has 2 atom stereocenters. The Bertz CT molecular complexity index is 1350. The van der Waals surface area contributed by atoms with Crippen LogP contribution in [-0.2, 0) is 0 Å². The van der Waals surface area contributed by atoms with E-state index in [-0.39, 0.29) is 17.5 Å². The van der Waals surface area contributed by atoms with Gasteiger partial charge in [-0.05, 0) is 55.2 Å². The number of halogens is 2. The third kappa shape index (κ3) is 4.36. The summed E-state index contributed by atoms with van der Waals surface area (Å²) in [6, 6.07) is 11.2. The van der Waals surface area contributed by atoms with Gasteiger partial charge in [0.15, 0.2) is 5.69 Å². The van der Waals surface area contributed by atoms with Gasteiger partial charge in [0.1, 0.15) is 11.6 Å². The van der Waals surface area contributed by atoms with Crippen LogP contribution in [0, 0.1) is 11.6 Å². The fourth-order valence-electron chi connectivity index (χ4n) is 5.25. The maximum absolute atomic E-state index is 13.9. The van der Waals surface area contributed by atoms with E-state index < -0.39 is 41.0 Å². The van der Waals surface area contributed by atoms with Gasteiger partial charge < -0.3 is 14.5 Å². The van der Waals surface area contributed by atoms with Crippen LogP contribution >= 0.6 is 0 Å². The van der Waals surface area contributed by atoms with E-state index in [0.717, 1.165) is 23.7 Å². The van der Waals surface area contributed by atoms with Gasteiger partial charge >= 0.3 is 6.09 Å². The number of benzene rings is 2. The SMILES string of the molecule is CCN(C)C(=O)Oc1c2n(ncc1=O)[C@@H](C(c1ccc(F)cc1)c1ccc(F)cc1)[C@H]1CCCN1C2=O. The monoisotopic (exact) mass is 508 g/mol. The van der Waals surface area contributed by atoms with Crippen molar-refractivity contribution >= 4 is 12.0 Å². The van der Waals surface area contributed by atoms with Crippen LogP contribution in [0.5, 0.6) is 5.75 Å². The lowest BCUT2D eigenvalue weighted by atomic mass is 9.80. The van der Waals surface area contributed by atoms with Crippen LogP contribution in [-0.4, -0.2) is 57.8 Å². The molecule has 0 unspecified atom stereocenters. The van der Waals surface area contributed by atoms with Crippen molar-refractivity contribution in [2.45, 2.75) is 37.8 Å². The van der Waals surface area contributed by atoms with Crippen molar-refractivity contribution in [1.82, 2.24) is 19.6 Å². The normalized spacial score (nSPS) is 18.5. The van der Waals surface area contributed by atoms with E-state index >= 15 is 0 Å². The lowest BCUT2D eigenvalue weighted by Gasteiger charge is -2.42. The largest absolute Gasteiger partial charge is 0.415 e. The molecule has 8 nitrogen and oxygen atoms in total. The van der Waals surface area contributed by atoms with Crippen molar-refractivity contribution in [3.8, 4) is 5.75 Å². The van der Waals surface area contributed by atoms with Crippen molar-refractivity contribution in [3.63, 3.8) is 0 Å². The Balaban J connectivity index is 1.73. The van der Waals surface area contributed by atoms with Crippen LogP contribution in [0.1, 0.15) is 53.3 Å². The molecule has 1 aromatic heterocycles. The fraction of sp³-hybridized carbons (Fsp3) is 0.333. The number of ether oxygens (including phenoxy) is 1. The highest BCUT2D eigenvalue weighted by molar-refractivity contribution is 5.97. The number of carbonyl (C=O) groups excluding carboxylic acids is 2. The standard InChI is InChI=1S/C27H26F2N4O4/c1-3-31(2)27(36)37-25-21(34)15-30-33-23(20-5-4-14-32(20)26(35)24(25)33)22(16-6-10-18(28)11-7-16)17-8-12-19(29)13-9-17/h6-13,15,20,22-23H,3-5,14H2,1-2H3/t20-,23-/m1/s1. The molecule has 2 amide bonds. The molecule has 3 heterocycles. The van der Waals surface area contributed by atoms with E-state index in [4.69, 9.17) is 4.74 Å². The van der Waals surface area contributed by atoms with Gasteiger partial charge in [0.2, 0.25) is 11.2 Å². The molecule has 1 fully saturated rings. The Labute approximate surface area is 212 Å². The number of hydrogen-bond donors (Lipinski definition) is 0. The Morgan fingerprint density at radius 3 is 2.24 bits per heavy atom. The van der Waals surface area contributed by atoms with Crippen molar-refractivity contribution in [3.05, 3.63) is 93.4 Å². The fourth-order valence-corrected chi connectivity index (χ4v) is 5.25. The van der Waals surface area contributed by atoms with Crippen molar-refractivity contribution < 1.29 is 23.1 Å². The highest BCUT2D eigenvalue weighted by Gasteiger charge is 2.48. The first-order valence-electron chi connectivity index (χ1n) is 12.2. The number of nitrogens with zero attached hydrogens (tertiary/aromatic N) is 4. The summed E-state index contributed by atoms with van der Waals surface area (Å²) in [5.74, 6) is -2.10. The number of fused-ring (bicyclic) bond motifs is 2. The van der Waals surface area contributed by atoms with Gasteiger partial charge in [0, 0.05) is 26.1 Å². The molecule has 0 N–H and O–H groups in total. The van der Waals surface area contributed by atoms with E-state index in [9.17, 15) is 23.2 Å². The van der Waals surface area contributed by atoms with E-state index in [1.54, 1.807) is 36.1 Å². The minimum atomic E-state index is -0.768. The molecule has 0 saturated carbocycles. The Morgan fingerprint density at radius 2 is 1.68 bits per heavy atom. The van der Waals surface area contributed by atoms with Crippen molar-refractivity contribution in [1.29, 1.82) is 0 Å². The summed E-state index contributed by atoms with van der Waals surface area (Å²) in [6.45, 7) is 2.56. The third-order valence-electron chi connectivity index (χ3n) is 7.18. The average Bonchev–Trinajstić information content (AvgIpc) is 3.39. The molecule has 5 rings (SSSR count). The van der Waals surface area contributed by atoms with Gasteiger partial charge in [0.05, 0.1) is 18.3 Å². The highest BCUT2D eigenvalue weighted by atomic mass is 19.1. The van der Waals surface area contributed by atoms with Crippen LogP contribution in [0.25, 0.3) is 0 Å². The first-order valence-corrected chi connectivity index (χ1v) is 12.2. The predicted molar refractivity (Wildman–Crippen MR) is 131 cm³/mol. The molecule has 10 heteroatoms. The Hall–Kier alpha value is -4.08. The molecule has 192 valence electrons. The topological polar surface area (TPSA) is 84.7 Å². The molecule has 3 aromatic rings. The Kier molecular flexibility index (Phi) is 6.49. The molecule has 0 spiro atoms. The lowest BCUT2D eigenvalue weighted by molar-refractivity contribution is 0.0564. The van der Waals surface area contributed by atoms with Crippen LogP contribution in [0.4, 0.5) is 13.6 Å². The number of amides is 2. The zero-order valence-corrected chi connectivity index (χ0v) is 20.4. The molecular weight excluding hydrogens is 482 g/mol. The number of hydrogen-bond acceptors (Lipinski definition) is 5. The summed E-state index contributed by atoms with van der Waals surface area (Å²) in [5.41, 5.74) is 0.668. The van der Waals surface area contributed by atoms with Crippen LogP contribution in [0.3, 0.4) is 0 Å². The van der Waals surface area contributed by atoms with Crippen LogP contribution in [0.2, 0.25) is 0 Å². The second-order valence-corrected chi connectivity index (χ2v) is 9.29. The predicted octanol–water partition coefficient (Wildman–Crippen LogP) is 3.96. The van der Waals surface area contributed by atoms with Gasteiger partial charge in [-0.2, -0.15) is 5.10 Å². The van der Waals surface area contributed by atoms with E-state index in [0.29, 0.717) is 19.5 Å². The zero-order valence-electron chi connectivity index (χ0n) is 20.4. The van der Waals surface area contributed by atoms with Gasteiger partial charge in [0.25, 0.3) is 5.91 Å². The van der Waals surface area contributed by atoms with Crippen LogP contribution in [0.15, 0.2) is 59.5 Å². The maximum atomic E-state index is 13.9. The molecule has 2 aliphatic heterocycles. The molecule has 37 heavy (non-hydrogen) atoms. The van der Waals surface area contributed by atoms with E-state index in [1.807, 2.05) is 0 Å². The first kappa shape index (κ1) is 24.6. The van der Waals surface area contributed by atoms with E-state index in [2.05, 4.69) is 5.10 Å². The van der Waals surface area contributed by atoms with Gasteiger partial charge in [-0.25, -0.2) is 18.3 Å². The molecule has 0 bridgehead atoms. The second kappa shape index (κ2) is 9.76. The minimum absolute atomic E-state index is 0.109. The molecule has 0 aliphatic carbocycles. The first-order chi connectivity index (χ1) is 17.8. The summed E-state index contributed by atoms with van der Waals surface area (Å²) < 4.78 is 34.6. The van der Waals surface area contributed by atoms with Crippen LogP contribution < -0.4 is 10.2 Å². The number of aromatic nitrogens is 2. The number of carbonyl (C=O) groups is 2. The zero-order chi connectivity index (χ0) is 26.3. The van der Waals surface area contributed by atoms with Gasteiger partial charge in [-0.1, -0.05) is 24.3 Å². The molecule has 2 aromatic carbocycles. The van der Waals surface area contributed by atoms with E-state index in [1.165, 1.54) is 40.9 Å². The number of rotatable bonds is 5. The van der Waals surface area contributed by atoms with Gasteiger partial charge in [-0.3, -0.25) is 9.59 Å². The smallest absolute Gasteiger partial charge is 0.403 e. The summed E-state index contributed by atoms with van der Waals surface area (Å²) in [7, 11) is 1.52. The molecule has 0 radical (unpaired) electrons.